The molecule has 100 valence electrons. The molecule has 1 aliphatic rings. The van der Waals surface area contributed by atoms with Crippen LogP contribution in [0.3, 0.4) is 0 Å². The molecule has 1 saturated carbocycles. The first-order chi connectivity index (χ1) is 8.46. The average Bonchev–Trinajstić information content (AvgIpc) is 2.27. The van der Waals surface area contributed by atoms with Crippen molar-refractivity contribution in [1.82, 2.24) is 0 Å². The highest BCUT2D eigenvalue weighted by atomic mass is 19.4. The number of aliphatic hydroxyl groups is 1. The predicted octanol–water partition coefficient (Wildman–Crippen LogP) is 3.60. The highest BCUT2D eigenvalue weighted by Gasteiger charge is 2.31. The molecule has 2 rings (SSSR count). The Morgan fingerprint density at radius 2 is 1.89 bits per heavy atom. The van der Waals surface area contributed by atoms with E-state index in [-0.39, 0.29) is 11.7 Å². The monoisotopic (exact) mass is 260 g/mol. The zero-order chi connectivity index (χ0) is 13.2. The molecule has 1 N–H and O–H groups in total. The Balaban J connectivity index is 2.16. The van der Waals surface area contributed by atoms with Gasteiger partial charge in [0.2, 0.25) is 0 Å². The molecule has 2 unspecified atom stereocenters. The fourth-order valence-electron chi connectivity index (χ4n) is 2.44. The van der Waals surface area contributed by atoms with Gasteiger partial charge in [0.05, 0.1) is 6.10 Å². The summed E-state index contributed by atoms with van der Waals surface area (Å²) in [6, 6.07) is 5.90. The van der Waals surface area contributed by atoms with Crippen molar-refractivity contribution in [2.45, 2.75) is 44.1 Å². The molecule has 18 heavy (non-hydrogen) atoms. The van der Waals surface area contributed by atoms with Crippen molar-refractivity contribution in [3.05, 3.63) is 29.8 Å². The number of ether oxygens (including phenoxy) is 1. The van der Waals surface area contributed by atoms with Gasteiger partial charge >= 0.3 is 6.36 Å². The maximum Gasteiger partial charge on any atom is 0.573 e. The van der Waals surface area contributed by atoms with Crippen molar-refractivity contribution in [3.63, 3.8) is 0 Å². The number of alkyl halides is 3. The van der Waals surface area contributed by atoms with Crippen LogP contribution in [0.25, 0.3) is 0 Å². The largest absolute Gasteiger partial charge is 0.573 e. The summed E-state index contributed by atoms with van der Waals surface area (Å²) in [6.07, 6.45) is -1.68. The zero-order valence-corrected chi connectivity index (χ0v) is 9.78. The van der Waals surface area contributed by atoms with Crippen LogP contribution in [-0.4, -0.2) is 17.6 Å². The summed E-state index contributed by atoms with van der Waals surface area (Å²) in [5.74, 6) is -0.312. The number of benzene rings is 1. The van der Waals surface area contributed by atoms with Gasteiger partial charge in [0.25, 0.3) is 0 Å². The third-order valence-corrected chi connectivity index (χ3v) is 3.25. The van der Waals surface area contributed by atoms with Gasteiger partial charge in [-0.15, -0.1) is 13.2 Å². The molecule has 1 aliphatic carbocycles. The van der Waals surface area contributed by atoms with Crippen molar-refractivity contribution in [1.29, 1.82) is 0 Å². The highest BCUT2D eigenvalue weighted by Crippen LogP contribution is 2.35. The van der Waals surface area contributed by atoms with E-state index in [9.17, 15) is 18.3 Å². The van der Waals surface area contributed by atoms with Crippen LogP contribution >= 0.6 is 0 Å². The van der Waals surface area contributed by atoms with Gasteiger partial charge in [-0.25, -0.2) is 0 Å². The number of rotatable bonds is 2. The summed E-state index contributed by atoms with van der Waals surface area (Å²) in [5, 5.41) is 9.88. The standard InChI is InChI=1S/C13H15F3O2/c14-13(15,16)18-10-5-3-4-9(8-10)11-6-1-2-7-12(11)17/h3-5,8,11-12,17H,1-2,6-7H2. The van der Waals surface area contributed by atoms with E-state index in [0.717, 1.165) is 19.3 Å². The normalized spacial score (nSPS) is 24.9. The second-order valence-corrected chi connectivity index (χ2v) is 4.58. The van der Waals surface area contributed by atoms with E-state index >= 15 is 0 Å². The molecule has 0 aliphatic heterocycles. The Labute approximate surface area is 103 Å². The van der Waals surface area contributed by atoms with Crippen molar-refractivity contribution in [3.8, 4) is 5.75 Å². The van der Waals surface area contributed by atoms with Crippen molar-refractivity contribution >= 4 is 0 Å². The van der Waals surface area contributed by atoms with Gasteiger partial charge in [-0.05, 0) is 30.5 Å². The van der Waals surface area contributed by atoms with E-state index in [1.165, 1.54) is 18.2 Å². The van der Waals surface area contributed by atoms with E-state index in [1.807, 2.05) is 0 Å². The summed E-state index contributed by atoms with van der Waals surface area (Å²) < 4.78 is 40.2. The van der Waals surface area contributed by atoms with E-state index < -0.39 is 12.5 Å². The Morgan fingerprint density at radius 3 is 2.56 bits per heavy atom. The first-order valence-electron chi connectivity index (χ1n) is 5.99. The van der Waals surface area contributed by atoms with Gasteiger partial charge < -0.3 is 9.84 Å². The number of hydrogen-bond donors (Lipinski definition) is 1. The average molecular weight is 260 g/mol. The quantitative estimate of drug-likeness (QED) is 0.880. The second kappa shape index (κ2) is 5.18. The van der Waals surface area contributed by atoms with Crippen LogP contribution in [0.4, 0.5) is 13.2 Å². The molecule has 1 fully saturated rings. The Kier molecular flexibility index (Phi) is 3.80. The van der Waals surface area contributed by atoms with Gasteiger partial charge in [-0.1, -0.05) is 25.0 Å². The lowest BCUT2D eigenvalue weighted by atomic mass is 9.82. The summed E-state index contributed by atoms with van der Waals surface area (Å²) >= 11 is 0. The Bertz CT molecular complexity index is 403. The minimum Gasteiger partial charge on any atom is -0.406 e. The second-order valence-electron chi connectivity index (χ2n) is 4.58. The van der Waals surface area contributed by atoms with Crippen LogP contribution in [0.2, 0.25) is 0 Å². The fraction of sp³-hybridized carbons (Fsp3) is 0.538. The van der Waals surface area contributed by atoms with Gasteiger partial charge in [-0.2, -0.15) is 0 Å². The minimum absolute atomic E-state index is 0.0875. The molecule has 0 heterocycles. The molecule has 1 aromatic carbocycles. The van der Waals surface area contributed by atoms with Gasteiger partial charge in [-0.3, -0.25) is 0 Å². The molecule has 0 bridgehead atoms. The summed E-state index contributed by atoms with van der Waals surface area (Å²) in [5.41, 5.74) is 0.712. The molecule has 0 saturated heterocycles. The molecule has 1 aromatic rings. The summed E-state index contributed by atoms with van der Waals surface area (Å²) in [4.78, 5) is 0. The molecule has 0 aromatic heterocycles. The molecular weight excluding hydrogens is 245 g/mol. The first kappa shape index (κ1) is 13.2. The smallest absolute Gasteiger partial charge is 0.406 e. The maximum atomic E-state index is 12.1. The zero-order valence-electron chi connectivity index (χ0n) is 9.78. The summed E-state index contributed by atoms with van der Waals surface area (Å²) in [6.45, 7) is 0. The van der Waals surface area contributed by atoms with Gasteiger partial charge in [0, 0.05) is 5.92 Å². The van der Waals surface area contributed by atoms with Gasteiger partial charge in [0.1, 0.15) is 5.75 Å². The third kappa shape index (κ3) is 3.38. The lowest BCUT2D eigenvalue weighted by molar-refractivity contribution is -0.274. The van der Waals surface area contributed by atoms with E-state index in [2.05, 4.69) is 4.74 Å². The van der Waals surface area contributed by atoms with Crippen LogP contribution in [0, 0.1) is 0 Å². The van der Waals surface area contributed by atoms with E-state index in [0.29, 0.717) is 12.0 Å². The van der Waals surface area contributed by atoms with Crippen LogP contribution in [0.15, 0.2) is 24.3 Å². The predicted molar refractivity (Wildman–Crippen MR) is 60.3 cm³/mol. The molecule has 5 heteroatoms. The van der Waals surface area contributed by atoms with Crippen molar-refractivity contribution < 1.29 is 23.0 Å². The van der Waals surface area contributed by atoms with Crippen LogP contribution in [0.5, 0.6) is 5.75 Å². The highest BCUT2D eigenvalue weighted by molar-refractivity contribution is 5.31. The molecular formula is C13H15F3O2. The van der Waals surface area contributed by atoms with E-state index in [4.69, 9.17) is 0 Å². The SMILES string of the molecule is OC1CCCCC1c1cccc(OC(F)(F)F)c1. The fourth-order valence-corrected chi connectivity index (χ4v) is 2.44. The lowest BCUT2D eigenvalue weighted by Gasteiger charge is -2.28. The van der Waals surface area contributed by atoms with E-state index in [1.54, 1.807) is 6.07 Å². The van der Waals surface area contributed by atoms with Crippen LogP contribution < -0.4 is 4.74 Å². The number of hydrogen-bond acceptors (Lipinski definition) is 2. The van der Waals surface area contributed by atoms with Gasteiger partial charge in [0.15, 0.2) is 0 Å². The molecule has 2 atom stereocenters. The minimum atomic E-state index is -4.68. The van der Waals surface area contributed by atoms with Crippen molar-refractivity contribution in [2.24, 2.45) is 0 Å². The molecule has 0 spiro atoms. The number of halogens is 3. The topological polar surface area (TPSA) is 29.5 Å². The Hall–Kier alpha value is -1.23. The molecule has 2 nitrogen and oxygen atoms in total. The maximum absolute atomic E-state index is 12.1. The molecule has 0 amide bonds. The lowest BCUT2D eigenvalue weighted by Crippen LogP contribution is -2.23. The van der Waals surface area contributed by atoms with Crippen LogP contribution in [-0.2, 0) is 0 Å². The van der Waals surface area contributed by atoms with Crippen LogP contribution in [0.1, 0.15) is 37.2 Å². The van der Waals surface area contributed by atoms with Crippen molar-refractivity contribution in [2.75, 3.05) is 0 Å². The Morgan fingerprint density at radius 1 is 1.17 bits per heavy atom. The number of aliphatic hydroxyl groups excluding tert-OH is 1. The molecule has 0 radical (unpaired) electrons. The summed E-state index contributed by atoms with van der Waals surface area (Å²) in [7, 11) is 0. The third-order valence-electron chi connectivity index (χ3n) is 3.25. The first-order valence-corrected chi connectivity index (χ1v) is 5.99.